The molecule has 2 rings (SSSR count). The summed E-state index contributed by atoms with van der Waals surface area (Å²) in [7, 11) is 2.30. The average molecular weight is 240 g/mol. The van der Waals surface area contributed by atoms with Crippen LogP contribution in [0.4, 0.5) is 0 Å². The fourth-order valence-corrected chi connectivity index (χ4v) is 3.23. The summed E-state index contributed by atoms with van der Waals surface area (Å²) in [4.78, 5) is 2.59. The van der Waals surface area contributed by atoms with E-state index < -0.39 is 0 Å². The maximum absolute atomic E-state index is 5.60. The van der Waals surface area contributed by atoms with Crippen LogP contribution in [0.5, 0.6) is 0 Å². The molecular weight excluding hydrogens is 212 g/mol. The van der Waals surface area contributed by atoms with Gasteiger partial charge in [-0.25, -0.2) is 0 Å². The fourth-order valence-electron chi connectivity index (χ4n) is 3.23. The van der Waals surface area contributed by atoms with Crippen LogP contribution in [0, 0.1) is 5.92 Å². The molecule has 0 aromatic carbocycles. The minimum atomic E-state index is 0.647. The third-order valence-electron chi connectivity index (χ3n) is 4.23. The number of hydrogen-bond donors (Lipinski definition) is 1. The highest BCUT2D eigenvalue weighted by molar-refractivity contribution is 4.95. The van der Waals surface area contributed by atoms with Gasteiger partial charge in [0, 0.05) is 31.3 Å². The van der Waals surface area contributed by atoms with E-state index in [-0.39, 0.29) is 0 Å². The lowest BCUT2D eigenvalue weighted by molar-refractivity contribution is 0.101. The summed E-state index contributed by atoms with van der Waals surface area (Å²) in [6.45, 7) is 7.16. The molecule has 0 aromatic rings. The monoisotopic (exact) mass is 240 g/mol. The third-order valence-corrected chi connectivity index (χ3v) is 4.23. The van der Waals surface area contributed by atoms with E-state index in [4.69, 9.17) is 4.74 Å². The predicted octanol–water partition coefficient (Wildman–Crippen LogP) is 1.87. The van der Waals surface area contributed by atoms with Crippen LogP contribution in [0.25, 0.3) is 0 Å². The summed E-state index contributed by atoms with van der Waals surface area (Å²) in [5.74, 6) is 0.647. The first-order valence-corrected chi connectivity index (χ1v) is 7.20. The standard InChI is InChI=1S/C14H28N2O/c1-11(2)10-17-7-6-15-12-8-13-4-5-14(9-12)16(13)3/h11-15H,4-10H2,1-3H3. The first-order valence-electron chi connectivity index (χ1n) is 7.20. The van der Waals surface area contributed by atoms with Gasteiger partial charge in [-0.2, -0.15) is 0 Å². The van der Waals surface area contributed by atoms with Crippen molar-refractivity contribution in [2.24, 2.45) is 5.92 Å². The van der Waals surface area contributed by atoms with Crippen LogP contribution >= 0.6 is 0 Å². The Kier molecular flexibility index (Phi) is 4.83. The topological polar surface area (TPSA) is 24.5 Å². The van der Waals surface area contributed by atoms with E-state index in [0.717, 1.165) is 37.9 Å². The highest BCUT2D eigenvalue weighted by Gasteiger charge is 2.37. The molecule has 100 valence electrons. The smallest absolute Gasteiger partial charge is 0.0591 e. The highest BCUT2D eigenvalue weighted by atomic mass is 16.5. The van der Waals surface area contributed by atoms with Gasteiger partial charge in [0.25, 0.3) is 0 Å². The van der Waals surface area contributed by atoms with Crippen molar-refractivity contribution in [2.75, 3.05) is 26.8 Å². The van der Waals surface area contributed by atoms with Crippen molar-refractivity contribution in [2.45, 2.75) is 57.7 Å². The van der Waals surface area contributed by atoms with Gasteiger partial charge in [-0.3, -0.25) is 0 Å². The zero-order valence-electron chi connectivity index (χ0n) is 11.6. The Morgan fingerprint density at radius 3 is 2.47 bits per heavy atom. The van der Waals surface area contributed by atoms with Crippen molar-refractivity contribution in [3.05, 3.63) is 0 Å². The van der Waals surface area contributed by atoms with Gasteiger partial charge in [0.1, 0.15) is 0 Å². The Labute approximate surface area is 106 Å². The molecular formula is C14H28N2O. The number of nitrogens with one attached hydrogen (secondary N) is 1. The van der Waals surface area contributed by atoms with Gasteiger partial charge >= 0.3 is 0 Å². The van der Waals surface area contributed by atoms with Crippen molar-refractivity contribution >= 4 is 0 Å². The molecule has 0 aliphatic carbocycles. The molecule has 2 aliphatic rings. The van der Waals surface area contributed by atoms with E-state index in [1.807, 2.05) is 0 Å². The van der Waals surface area contributed by atoms with E-state index >= 15 is 0 Å². The molecule has 3 heteroatoms. The Balaban J connectivity index is 1.58. The lowest BCUT2D eigenvalue weighted by Crippen LogP contribution is -2.47. The second-order valence-corrected chi connectivity index (χ2v) is 6.14. The molecule has 1 N–H and O–H groups in total. The van der Waals surface area contributed by atoms with Gasteiger partial charge < -0.3 is 15.0 Å². The maximum Gasteiger partial charge on any atom is 0.0591 e. The van der Waals surface area contributed by atoms with E-state index in [2.05, 4.69) is 31.1 Å². The van der Waals surface area contributed by atoms with Crippen molar-refractivity contribution in [3.63, 3.8) is 0 Å². The maximum atomic E-state index is 5.60. The largest absolute Gasteiger partial charge is 0.380 e. The molecule has 2 unspecified atom stereocenters. The van der Waals surface area contributed by atoms with Gasteiger partial charge in [0.15, 0.2) is 0 Å². The number of piperidine rings is 1. The normalized spacial score (nSPS) is 33.5. The SMILES string of the molecule is CC(C)COCCNC1CC2CCC(C1)N2C. The Morgan fingerprint density at radius 1 is 1.24 bits per heavy atom. The molecule has 2 fully saturated rings. The molecule has 0 amide bonds. The van der Waals surface area contributed by atoms with Crippen LogP contribution in [0.1, 0.15) is 39.5 Å². The predicted molar refractivity (Wildman–Crippen MR) is 71.3 cm³/mol. The molecule has 0 spiro atoms. The summed E-state index contributed by atoms with van der Waals surface area (Å²) < 4.78 is 5.60. The van der Waals surface area contributed by atoms with Crippen LogP contribution in [0.2, 0.25) is 0 Å². The van der Waals surface area contributed by atoms with Crippen molar-refractivity contribution in [1.82, 2.24) is 10.2 Å². The molecule has 0 aromatic heterocycles. The number of nitrogens with zero attached hydrogens (tertiary/aromatic N) is 1. The summed E-state index contributed by atoms with van der Waals surface area (Å²) >= 11 is 0. The van der Waals surface area contributed by atoms with Gasteiger partial charge in [0.05, 0.1) is 6.61 Å². The number of hydrogen-bond acceptors (Lipinski definition) is 3. The lowest BCUT2D eigenvalue weighted by atomic mass is 9.98. The molecule has 2 bridgehead atoms. The molecule has 2 saturated heterocycles. The highest BCUT2D eigenvalue weighted by Crippen LogP contribution is 2.33. The number of rotatable bonds is 6. The van der Waals surface area contributed by atoms with Gasteiger partial charge in [-0.15, -0.1) is 0 Å². The van der Waals surface area contributed by atoms with E-state index in [9.17, 15) is 0 Å². The van der Waals surface area contributed by atoms with E-state index in [0.29, 0.717) is 5.92 Å². The Hall–Kier alpha value is -0.120. The van der Waals surface area contributed by atoms with Gasteiger partial charge in [-0.1, -0.05) is 13.8 Å². The second-order valence-electron chi connectivity index (χ2n) is 6.14. The van der Waals surface area contributed by atoms with Crippen molar-refractivity contribution in [1.29, 1.82) is 0 Å². The zero-order chi connectivity index (χ0) is 12.3. The van der Waals surface area contributed by atoms with E-state index in [1.54, 1.807) is 0 Å². The summed E-state index contributed by atoms with van der Waals surface area (Å²) in [5, 5.41) is 3.67. The van der Waals surface area contributed by atoms with Crippen LogP contribution in [0.15, 0.2) is 0 Å². The van der Waals surface area contributed by atoms with Crippen LogP contribution in [0.3, 0.4) is 0 Å². The first kappa shape index (κ1) is 13.3. The Bertz CT molecular complexity index is 218. The molecule has 0 radical (unpaired) electrons. The average Bonchev–Trinajstić information content (AvgIpc) is 2.52. The Morgan fingerprint density at radius 2 is 1.88 bits per heavy atom. The molecule has 2 atom stereocenters. The molecule has 0 saturated carbocycles. The van der Waals surface area contributed by atoms with Crippen molar-refractivity contribution in [3.8, 4) is 0 Å². The molecule has 2 heterocycles. The number of ether oxygens (including phenoxy) is 1. The van der Waals surface area contributed by atoms with Crippen molar-refractivity contribution < 1.29 is 4.74 Å². The summed E-state index contributed by atoms with van der Waals surface area (Å²) in [5.41, 5.74) is 0. The van der Waals surface area contributed by atoms with Crippen LogP contribution in [-0.2, 0) is 4.74 Å². The quantitative estimate of drug-likeness (QED) is 0.717. The first-order chi connectivity index (χ1) is 8.16. The fraction of sp³-hybridized carbons (Fsp3) is 1.00. The summed E-state index contributed by atoms with van der Waals surface area (Å²) in [6, 6.07) is 2.40. The summed E-state index contributed by atoms with van der Waals surface area (Å²) in [6.07, 6.45) is 5.47. The molecule has 3 nitrogen and oxygen atoms in total. The van der Waals surface area contributed by atoms with E-state index in [1.165, 1.54) is 25.7 Å². The van der Waals surface area contributed by atoms with Crippen LogP contribution in [-0.4, -0.2) is 49.8 Å². The number of fused-ring (bicyclic) bond motifs is 2. The minimum absolute atomic E-state index is 0.647. The third kappa shape index (κ3) is 3.67. The van der Waals surface area contributed by atoms with Gasteiger partial charge in [-0.05, 0) is 38.6 Å². The molecule has 2 aliphatic heterocycles. The minimum Gasteiger partial charge on any atom is -0.380 e. The lowest BCUT2D eigenvalue weighted by Gasteiger charge is -2.36. The van der Waals surface area contributed by atoms with Crippen LogP contribution < -0.4 is 5.32 Å². The van der Waals surface area contributed by atoms with Gasteiger partial charge in [0.2, 0.25) is 0 Å². The molecule has 17 heavy (non-hydrogen) atoms. The zero-order valence-corrected chi connectivity index (χ0v) is 11.6. The second kappa shape index (κ2) is 6.17.